The van der Waals surface area contributed by atoms with Crippen LogP contribution in [-0.2, 0) is 9.53 Å². The van der Waals surface area contributed by atoms with Gasteiger partial charge in [0, 0.05) is 13.3 Å². The zero-order chi connectivity index (χ0) is 12.7. The summed E-state index contributed by atoms with van der Waals surface area (Å²) >= 11 is 0. The molecule has 4 nitrogen and oxygen atoms in total. The molecule has 1 fully saturated rings. The summed E-state index contributed by atoms with van der Waals surface area (Å²) in [6, 6.07) is 0. The highest BCUT2D eigenvalue weighted by Crippen LogP contribution is 2.26. The third kappa shape index (κ3) is 5.15. The van der Waals surface area contributed by atoms with Gasteiger partial charge in [-0.05, 0) is 19.8 Å². The van der Waals surface area contributed by atoms with Crippen molar-refractivity contribution in [3.8, 4) is 0 Å². The number of hydrogen-bond acceptors (Lipinski definition) is 3. The highest BCUT2D eigenvalue weighted by atomic mass is 16.6. The van der Waals surface area contributed by atoms with Crippen LogP contribution in [0.1, 0.15) is 33.1 Å². The Kier molecular flexibility index (Phi) is 5.38. The van der Waals surface area contributed by atoms with Gasteiger partial charge in [-0.2, -0.15) is 0 Å². The van der Waals surface area contributed by atoms with Crippen molar-refractivity contribution in [3.63, 3.8) is 0 Å². The van der Waals surface area contributed by atoms with E-state index in [1.54, 1.807) is 0 Å². The molecule has 0 aromatic rings. The van der Waals surface area contributed by atoms with Gasteiger partial charge in [0.15, 0.2) is 5.72 Å². The maximum Gasteiger partial charge on any atom is 0.219 e. The third-order valence-electron chi connectivity index (χ3n) is 2.63. The fraction of sp³-hybridized carbons (Fsp3) is 0.615. The van der Waals surface area contributed by atoms with E-state index in [0.717, 1.165) is 6.42 Å². The lowest BCUT2D eigenvalue weighted by Crippen LogP contribution is -2.52. The highest BCUT2D eigenvalue weighted by molar-refractivity contribution is 5.73. The molecule has 0 radical (unpaired) electrons. The van der Waals surface area contributed by atoms with Crippen molar-refractivity contribution >= 4 is 5.91 Å². The molecule has 0 aromatic heterocycles. The lowest BCUT2D eigenvalue weighted by atomic mass is 10.0. The topological polar surface area (TPSA) is 61.9 Å². The molecule has 1 saturated heterocycles. The van der Waals surface area contributed by atoms with Crippen molar-refractivity contribution in [2.24, 2.45) is 0 Å². The number of carbonyl (C=O) groups is 1. The summed E-state index contributed by atoms with van der Waals surface area (Å²) in [5.74, 6) is -0.235. The molecular weight excluding hydrogens is 218 g/mol. The quantitative estimate of drug-likeness (QED) is 0.402. The van der Waals surface area contributed by atoms with Crippen LogP contribution in [0.2, 0.25) is 0 Å². The van der Waals surface area contributed by atoms with Gasteiger partial charge in [0.25, 0.3) is 0 Å². The summed E-state index contributed by atoms with van der Waals surface area (Å²) in [4.78, 5) is 11.0. The highest BCUT2D eigenvalue weighted by Gasteiger charge is 2.45. The van der Waals surface area contributed by atoms with Crippen LogP contribution < -0.4 is 5.32 Å². The second kappa shape index (κ2) is 6.57. The molecule has 1 heterocycles. The van der Waals surface area contributed by atoms with E-state index in [9.17, 15) is 9.90 Å². The molecule has 1 rings (SSSR count). The molecule has 0 aliphatic carbocycles. The number of nitrogens with one attached hydrogen (secondary N) is 1. The average molecular weight is 239 g/mol. The molecule has 0 unspecified atom stereocenters. The molecule has 17 heavy (non-hydrogen) atoms. The average Bonchev–Trinajstić information content (AvgIpc) is 3.06. The van der Waals surface area contributed by atoms with Crippen LogP contribution in [0.3, 0.4) is 0 Å². The third-order valence-corrected chi connectivity index (χ3v) is 2.63. The molecular formula is C13H21NO3. The van der Waals surface area contributed by atoms with E-state index in [2.05, 4.69) is 11.4 Å². The predicted molar refractivity (Wildman–Crippen MR) is 66.3 cm³/mol. The van der Waals surface area contributed by atoms with Crippen molar-refractivity contribution in [1.82, 2.24) is 5.32 Å². The van der Waals surface area contributed by atoms with Crippen molar-refractivity contribution in [2.45, 2.75) is 44.9 Å². The van der Waals surface area contributed by atoms with Crippen LogP contribution >= 0.6 is 0 Å². The van der Waals surface area contributed by atoms with Gasteiger partial charge in [0.1, 0.15) is 6.10 Å². The number of amides is 1. The first kappa shape index (κ1) is 13.9. The zero-order valence-electron chi connectivity index (χ0n) is 10.5. The molecule has 0 aromatic carbocycles. The van der Waals surface area contributed by atoms with E-state index in [1.165, 1.54) is 6.92 Å². The first-order valence-electron chi connectivity index (χ1n) is 5.97. The molecule has 0 bridgehead atoms. The Bertz CT molecular complexity index is 308. The first-order valence-corrected chi connectivity index (χ1v) is 5.97. The van der Waals surface area contributed by atoms with E-state index in [1.807, 2.05) is 25.2 Å². The lowest BCUT2D eigenvalue weighted by molar-refractivity contribution is -0.128. The van der Waals surface area contributed by atoms with Crippen molar-refractivity contribution in [1.29, 1.82) is 0 Å². The maximum atomic E-state index is 11.0. The Morgan fingerprint density at radius 2 is 2.24 bits per heavy atom. The minimum Gasteiger partial charge on any atom is -0.368 e. The van der Waals surface area contributed by atoms with E-state index >= 15 is 0 Å². The Labute approximate surface area is 102 Å². The number of carbonyl (C=O) groups excluding carboxylic acids is 1. The standard InChI is InChI=1S/C13H21NO3/c1-3-4-5-6-7-8-9-13(16,12-10-17-12)14-11(2)15/h3-4,6-7,12,16H,5,8-10H2,1-2H3,(H,14,15)/b4-3+,7-6+/t12-,13+/m0/s1. The van der Waals surface area contributed by atoms with Crippen LogP contribution in [0.15, 0.2) is 24.3 Å². The summed E-state index contributed by atoms with van der Waals surface area (Å²) < 4.78 is 5.07. The lowest BCUT2D eigenvalue weighted by Gasteiger charge is -2.26. The number of hydrogen-bond donors (Lipinski definition) is 2. The van der Waals surface area contributed by atoms with E-state index in [0.29, 0.717) is 19.4 Å². The fourth-order valence-corrected chi connectivity index (χ4v) is 1.66. The van der Waals surface area contributed by atoms with E-state index < -0.39 is 5.72 Å². The first-order chi connectivity index (χ1) is 8.08. The molecule has 0 saturated carbocycles. The molecule has 96 valence electrons. The van der Waals surface area contributed by atoms with Gasteiger partial charge >= 0.3 is 0 Å². The number of epoxide rings is 1. The second-order valence-corrected chi connectivity index (χ2v) is 4.24. The van der Waals surface area contributed by atoms with Crippen LogP contribution in [0.5, 0.6) is 0 Å². The summed E-state index contributed by atoms with van der Waals surface area (Å²) in [6.07, 6.45) is 9.94. The van der Waals surface area contributed by atoms with Gasteiger partial charge in [-0.1, -0.05) is 24.3 Å². The Morgan fingerprint density at radius 3 is 2.76 bits per heavy atom. The molecule has 1 amide bonds. The number of allylic oxidation sites excluding steroid dienone is 4. The van der Waals surface area contributed by atoms with Crippen molar-refractivity contribution in [2.75, 3.05) is 6.61 Å². The normalized spacial score (nSPS) is 22.9. The van der Waals surface area contributed by atoms with Gasteiger partial charge in [-0.3, -0.25) is 4.79 Å². The summed E-state index contributed by atoms with van der Waals surface area (Å²) in [7, 11) is 0. The monoisotopic (exact) mass is 239 g/mol. The van der Waals surface area contributed by atoms with Crippen LogP contribution in [-0.4, -0.2) is 29.4 Å². The molecule has 4 heteroatoms. The predicted octanol–water partition coefficient (Wildman–Crippen LogP) is 1.51. The van der Waals surface area contributed by atoms with Gasteiger partial charge in [0.2, 0.25) is 5.91 Å². The zero-order valence-corrected chi connectivity index (χ0v) is 10.5. The van der Waals surface area contributed by atoms with Crippen LogP contribution in [0, 0.1) is 0 Å². The smallest absolute Gasteiger partial charge is 0.219 e. The van der Waals surface area contributed by atoms with Crippen molar-refractivity contribution in [3.05, 3.63) is 24.3 Å². The molecule has 2 atom stereocenters. The molecule has 1 aliphatic heterocycles. The Hall–Kier alpha value is -1.13. The minimum atomic E-state index is -1.21. The maximum absolute atomic E-state index is 11.0. The van der Waals surface area contributed by atoms with Gasteiger partial charge in [0.05, 0.1) is 6.61 Å². The van der Waals surface area contributed by atoms with E-state index in [-0.39, 0.29) is 12.0 Å². The largest absolute Gasteiger partial charge is 0.368 e. The minimum absolute atomic E-state index is 0.235. The van der Waals surface area contributed by atoms with Crippen molar-refractivity contribution < 1.29 is 14.6 Å². The summed E-state index contributed by atoms with van der Waals surface area (Å²) in [5.41, 5.74) is -1.21. The fourth-order valence-electron chi connectivity index (χ4n) is 1.66. The second-order valence-electron chi connectivity index (χ2n) is 4.24. The Morgan fingerprint density at radius 1 is 1.53 bits per heavy atom. The SMILES string of the molecule is C/C=C/C/C=C/CC[C@](O)(NC(C)=O)[C@@H]1CO1. The number of ether oxygens (including phenoxy) is 1. The molecule has 1 aliphatic rings. The summed E-state index contributed by atoms with van der Waals surface area (Å²) in [5, 5.41) is 12.8. The van der Waals surface area contributed by atoms with E-state index in [4.69, 9.17) is 4.74 Å². The van der Waals surface area contributed by atoms with Gasteiger partial charge in [-0.25, -0.2) is 0 Å². The van der Waals surface area contributed by atoms with Gasteiger partial charge < -0.3 is 15.2 Å². The number of rotatable bonds is 7. The molecule has 0 spiro atoms. The van der Waals surface area contributed by atoms with Crippen LogP contribution in [0.25, 0.3) is 0 Å². The summed E-state index contributed by atoms with van der Waals surface area (Å²) in [6.45, 7) is 3.89. The molecule has 2 N–H and O–H groups in total. The van der Waals surface area contributed by atoms with Crippen LogP contribution in [0.4, 0.5) is 0 Å². The Balaban J connectivity index is 2.34. The van der Waals surface area contributed by atoms with Gasteiger partial charge in [-0.15, -0.1) is 0 Å². The number of aliphatic hydroxyl groups is 1.